The number of likely N-dealkylation sites (N-methyl/N-ethyl adjacent to an activating group) is 1. The molecule has 0 bridgehead atoms. The van der Waals surface area contributed by atoms with E-state index in [1.165, 1.54) is 12.8 Å². The number of piperazine rings is 1. The van der Waals surface area contributed by atoms with Crippen molar-refractivity contribution in [3.63, 3.8) is 0 Å². The molecule has 9 heteroatoms. The minimum absolute atomic E-state index is 0.0575. The van der Waals surface area contributed by atoms with E-state index in [9.17, 15) is 4.79 Å². The van der Waals surface area contributed by atoms with E-state index in [0.29, 0.717) is 19.4 Å². The van der Waals surface area contributed by atoms with Crippen LogP contribution >= 0.6 is 0 Å². The van der Waals surface area contributed by atoms with Crippen LogP contribution in [0.5, 0.6) is 0 Å². The second-order valence-corrected chi connectivity index (χ2v) is 8.74. The number of hydrogen-bond acceptors (Lipinski definition) is 7. The average Bonchev–Trinajstić information content (AvgIpc) is 3.16. The molecule has 0 aliphatic carbocycles. The van der Waals surface area contributed by atoms with Gasteiger partial charge in [0.2, 0.25) is 5.91 Å². The number of fused-ring (bicyclic) bond motifs is 1. The minimum atomic E-state index is 0.0575. The molecule has 2 saturated heterocycles. The molecule has 0 spiro atoms. The van der Waals surface area contributed by atoms with Gasteiger partial charge in [0.1, 0.15) is 5.82 Å². The summed E-state index contributed by atoms with van der Waals surface area (Å²) in [6.07, 6.45) is 3.33. The highest BCUT2D eigenvalue weighted by molar-refractivity contribution is 5.76. The van der Waals surface area contributed by atoms with Crippen molar-refractivity contribution in [2.24, 2.45) is 5.92 Å². The highest BCUT2D eigenvalue weighted by atomic mass is 16.1. The van der Waals surface area contributed by atoms with Crippen LogP contribution in [-0.2, 0) is 11.2 Å². The summed E-state index contributed by atoms with van der Waals surface area (Å²) in [5, 5.41) is 16.3. The number of anilines is 1. The molecule has 2 aliphatic heterocycles. The lowest BCUT2D eigenvalue weighted by atomic mass is 9.99. The number of carbonyl (C=O) groups is 1. The van der Waals surface area contributed by atoms with E-state index in [4.69, 9.17) is 5.10 Å². The third-order valence-corrected chi connectivity index (χ3v) is 6.34. The maximum Gasteiger partial charge on any atom is 0.220 e. The highest BCUT2D eigenvalue weighted by Gasteiger charge is 2.19. The van der Waals surface area contributed by atoms with Gasteiger partial charge in [0.05, 0.1) is 0 Å². The summed E-state index contributed by atoms with van der Waals surface area (Å²) < 4.78 is 1.80. The fourth-order valence-electron chi connectivity index (χ4n) is 4.12. The molecule has 1 N–H and O–H groups in total. The predicted octanol–water partition coefficient (Wildman–Crippen LogP) is 0.657. The van der Waals surface area contributed by atoms with Crippen LogP contribution in [0.25, 0.3) is 5.65 Å². The Morgan fingerprint density at radius 1 is 1.10 bits per heavy atom. The first-order valence-electron chi connectivity index (χ1n) is 11.2. The lowest BCUT2D eigenvalue weighted by molar-refractivity contribution is -0.121. The van der Waals surface area contributed by atoms with Gasteiger partial charge in [-0.1, -0.05) is 6.92 Å². The molecule has 1 amide bonds. The topological polar surface area (TPSA) is 81.9 Å². The van der Waals surface area contributed by atoms with Gasteiger partial charge in [-0.3, -0.25) is 9.69 Å². The van der Waals surface area contributed by atoms with Crippen molar-refractivity contribution in [1.29, 1.82) is 0 Å². The van der Waals surface area contributed by atoms with Crippen LogP contribution in [0.4, 0.5) is 5.82 Å². The molecule has 0 saturated carbocycles. The number of nitrogens with one attached hydrogen (secondary N) is 1. The Hall–Kier alpha value is -2.26. The van der Waals surface area contributed by atoms with Crippen molar-refractivity contribution in [1.82, 2.24) is 34.9 Å². The first-order valence-corrected chi connectivity index (χ1v) is 11.2. The molecule has 0 atom stereocenters. The Morgan fingerprint density at radius 3 is 2.63 bits per heavy atom. The molecule has 2 fully saturated rings. The summed E-state index contributed by atoms with van der Waals surface area (Å²) in [6, 6.07) is 3.99. The number of amides is 1. The molecule has 0 unspecified atom stereocenters. The summed E-state index contributed by atoms with van der Waals surface area (Å²) in [4.78, 5) is 19.4. The van der Waals surface area contributed by atoms with E-state index >= 15 is 0 Å². The molecule has 4 rings (SSSR count). The molecule has 9 nitrogen and oxygen atoms in total. The Balaban J connectivity index is 1.27. The molecule has 2 aromatic rings. The van der Waals surface area contributed by atoms with Crippen LogP contribution < -0.4 is 10.2 Å². The maximum atomic E-state index is 12.3. The van der Waals surface area contributed by atoms with Crippen LogP contribution in [0.2, 0.25) is 0 Å². The maximum absolute atomic E-state index is 12.3. The van der Waals surface area contributed by atoms with Crippen LogP contribution in [-0.4, -0.2) is 94.9 Å². The van der Waals surface area contributed by atoms with E-state index in [2.05, 4.69) is 44.2 Å². The Labute approximate surface area is 178 Å². The van der Waals surface area contributed by atoms with E-state index in [0.717, 1.165) is 69.0 Å². The van der Waals surface area contributed by atoms with Crippen LogP contribution in [0.1, 0.15) is 32.0 Å². The standard InChI is InChI=1S/C21H34N8O/c1-17-7-10-28(11-8-17)20-4-3-18-23-24-19(29(18)25-20)5-6-21(30)22-9-12-27-15-13-26(2)14-16-27/h3-4,17H,5-16H2,1-2H3,(H,22,30). The second-order valence-electron chi connectivity index (χ2n) is 8.74. The average molecular weight is 415 g/mol. The molecular weight excluding hydrogens is 380 g/mol. The quantitative estimate of drug-likeness (QED) is 0.713. The normalized spacial score (nSPS) is 19.5. The van der Waals surface area contributed by atoms with Gasteiger partial charge in [0.15, 0.2) is 11.5 Å². The highest BCUT2D eigenvalue weighted by Crippen LogP contribution is 2.21. The number of carbonyl (C=O) groups excluding carboxylic acids is 1. The van der Waals surface area contributed by atoms with Crippen molar-refractivity contribution in [3.8, 4) is 0 Å². The van der Waals surface area contributed by atoms with E-state index in [1.54, 1.807) is 4.52 Å². The smallest absolute Gasteiger partial charge is 0.220 e. The Morgan fingerprint density at radius 2 is 1.87 bits per heavy atom. The van der Waals surface area contributed by atoms with Crippen LogP contribution in [0, 0.1) is 5.92 Å². The number of piperidine rings is 1. The van der Waals surface area contributed by atoms with Crippen molar-refractivity contribution in [2.45, 2.75) is 32.6 Å². The first kappa shape index (κ1) is 21.0. The van der Waals surface area contributed by atoms with Crippen molar-refractivity contribution >= 4 is 17.4 Å². The number of hydrogen-bond donors (Lipinski definition) is 1. The molecular formula is C21H34N8O. The monoisotopic (exact) mass is 414 g/mol. The molecule has 0 aromatic carbocycles. The van der Waals surface area contributed by atoms with Gasteiger partial charge in [-0.15, -0.1) is 15.3 Å². The van der Waals surface area contributed by atoms with Crippen molar-refractivity contribution < 1.29 is 4.79 Å². The van der Waals surface area contributed by atoms with Crippen LogP contribution in [0.3, 0.4) is 0 Å². The number of aryl methyl sites for hydroxylation is 1. The van der Waals surface area contributed by atoms with Gasteiger partial charge >= 0.3 is 0 Å². The van der Waals surface area contributed by atoms with E-state index < -0.39 is 0 Å². The lowest BCUT2D eigenvalue weighted by Crippen LogP contribution is -2.46. The van der Waals surface area contributed by atoms with Crippen molar-refractivity contribution in [3.05, 3.63) is 18.0 Å². The zero-order valence-electron chi connectivity index (χ0n) is 18.3. The van der Waals surface area contributed by atoms with Gasteiger partial charge in [0, 0.05) is 65.2 Å². The molecule has 2 aliphatic rings. The number of rotatable bonds is 7. The van der Waals surface area contributed by atoms with Crippen LogP contribution in [0.15, 0.2) is 12.1 Å². The van der Waals surface area contributed by atoms with E-state index in [1.807, 2.05) is 12.1 Å². The zero-order chi connectivity index (χ0) is 20.9. The largest absolute Gasteiger partial charge is 0.355 e. The van der Waals surface area contributed by atoms with Gasteiger partial charge in [-0.2, -0.15) is 4.52 Å². The lowest BCUT2D eigenvalue weighted by Gasteiger charge is -2.32. The van der Waals surface area contributed by atoms with E-state index in [-0.39, 0.29) is 5.91 Å². The number of nitrogens with zero attached hydrogens (tertiary/aromatic N) is 7. The minimum Gasteiger partial charge on any atom is -0.355 e. The third-order valence-electron chi connectivity index (χ3n) is 6.34. The fourth-order valence-corrected chi connectivity index (χ4v) is 4.12. The Bertz CT molecular complexity index is 837. The van der Waals surface area contributed by atoms with Gasteiger partial charge in [-0.05, 0) is 37.9 Å². The predicted molar refractivity (Wildman–Crippen MR) is 117 cm³/mol. The van der Waals surface area contributed by atoms with Gasteiger partial charge in [-0.25, -0.2) is 0 Å². The summed E-state index contributed by atoms with van der Waals surface area (Å²) in [5.41, 5.74) is 0.731. The van der Waals surface area contributed by atoms with Crippen molar-refractivity contribution in [2.75, 3.05) is 64.3 Å². The molecule has 2 aromatic heterocycles. The summed E-state index contributed by atoms with van der Waals surface area (Å²) in [6.45, 7) is 10.3. The molecule has 4 heterocycles. The SMILES string of the molecule is CC1CCN(c2ccc3nnc(CCC(=O)NCCN4CCN(C)CC4)n3n2)CC1. The van der Waals surface area contributed by atoms with Gasteiger partial charge < -0.3 is 15.1 Å². The molecule has 0 radical (unpaired) electrons. The summed E-state index contributed by atoms with van der Waals surface area (Å²) in [7, 11) is 2.15. The zero-order valence-corrected chi connectivity index (χ0v) is 18.3. The third kappa shape index (κ3) is 5.26. The van der Waals surface area contributed by atoms with Gasteiger partial charge in [0.25, 0.3) is 0 Å². The second kappa shape index (κ2) is 9.70. The molecule has 30 heavy (non-hydrogen) atoms. The first-order chi connectivity index (χ1) is 14.6. The number of aromatic nitrogens is 4. The molecule has 164 valence electrons. The summed E-state index contributed by atoms with van der Waals surface area (Å²) >= 11 is 0. The Kier molecular flexibility index (Phi) is 6.79. The fraction of sp³-hybridized carbons (Fsp3) is 0.714. The summed E-state index contributed by atoms with van der Waals surface area (Å²) in [5.74, 6) is 2.55.